The average molecular weight is 271 g/mol. The van der Waals surface area contributed by atoms with Crippen LogP contribution in [0.4, 0.5) is 0 Å². The van der Waals surface area contributed by atoms with E-state index in [0.717, 1.165) is 19.4 Å². The SMILES string of the molecule is CO[C@H]1C=C2CCN3CCc4ccc(O)cc4[C@@H](C1)[C@@H]23. The van der Waals surface area contributed by atoms with Gasteiger partial charge in [0, 0.05) is 32.2 Å². The normalized spacial score (nSPS) is 32.2. The molecular formula is C17H21NO2. The van der Waals surface area contributed by atoms with Gasteiger partial charge in [-0.3, -0.25) is 4.90 Å². The molecule has 0 aromatic heterocycles. The molecule has 106 valence electrons. The highest BCUT2D eigenvalue weighted by Crippen LogP contribution is 2.45. The number of hydrogen-bond acceptors (Lipinski definition) is 3. The summed E-state index contributed by atoms with van der Waals surface area (Å²) in [5.74, 6) is 0.854. The van der Waals surface area contributed by atoms with Crippen molar-refractivity contribution in [3.8, 4) is 5.75 Å². The van der Waals surface area contributed by atoms with Crippen LogP contribution in [0.1, 0.15) is 29.9 Å². The lowest BCUT2D eigenvalue weighted by Crippen LogP contribution is -2.38. The van der Waals surface area contributed by atoms with Gasteiger partial charge < -0.3 is 9.84 Å². The summed E-state index contributed by atoms with van der Waals surface area (Å²) in [4.78, 5) is 2.62. The van der Waals surface area contributed by atoms with Gasteiger partial charge in [-0.1, -0.05) is 17.7 Å². The predicted octanol–water partition coefficient (Wildman–Crippen LogP) is 2.45. The minimum atomic E-state index is 0.222. The van der Waals surface area contributed by atoms with Gasteiger partial charge in [0.05, 0.1) is 6.10 Å². The average Bonchev–Trinajstić information content (AvgIpc) is 2.80. The Balaban J connectivity index is 1.83. The first-order valence-corrected chi connectivity index (χ1v) is 7.55. The van der Waals surface area contributed by atoms with E-state index < -0.39 is 0 Å². The Morgan fingerprint density at radius 2 is 2.10 bits per heavy atom. The number of fused-ring (bicyclic) bond motifs is 2. The third kappa shape index (κ3) is 1.80. The minimum Gasteiger partial charge on any atom is -0.508 e. The molecule has 0 amide bonds. The summed E-state index contributed by atoms with van der Waals surface area (Å²) in [5, 5.41) is 9.88. The molecule has 4 rings (SSSR count). The molecule has 0 bridgehead atoms. The van der Waals surface area contributed by atoms with Crippen molar-refractivity contribution in [3.63, 3.8) is 0 Å². The van der Waals surface area contributed by atoms with Crippen molar-refractivity contribution in [1.82, 2.24) is 4.90 Å². The second-order valence-electron chi connectivity index (χ2n) is 6.22. The third-order valence-corrected chi connectivity index (χ3v) is 5.23. The molecule has 1 saturated heterocycles. The maximum atomic E-state index is 9.88. The largest absolute Gasteiger partial charge is 0.508 e. The van der Waals surface area contributed by atoms with Crippen LogP contribution in [0.3, 0.4) is 0 Å². The number of benzene rings is 1. The second kappa shape index (κ2) is 4.61. The Labute approximate surface area is 119 Å². The van der Waals surface area contributed by atoms with E-state index in [0.29, 0.717) is 17.7 Å². The highest BCUT2D eigenvalue weighted by molar-refractivity contribution is 5.43. The van der Waals surface area contributed by atoms with Crippen LogP contribution in [0.25, 0.3) is 0 Å². The lowest BCUT2D eigenvalue weighted by atomic mass is 9.77. The topological polar surface area (TPSA) is 32.7 Å². The highest BCUT2D eigenvalue weighted by Gasteiger charge is 2.42. The summed E-state index contributed by atoms with van der Waals surface area (Å²) >= 11 is 0. The number of methoxy groups -OCH3 is 1. The van der Waals surface area contributed by atoms with Crippen LogP contribution in [-0.4, -0.2) is 42.4 Å². The van der Waals surface area contributed by atoms with Gasteiger partial charge in [0.15, 0.2) is 0 Å². The highest BCUT2D eigenvalue weighted by atomic mass is 16.5. The minimum absolute atomic E-state index is 0.222. The quantitative estimate of drug-likeness (QED) is 0.796. The molecular weight excluding hydrogens is 250 g/mol. The van der Waals surface area contributed by atoms with E-state index in [1.165, 1.54) is 24.1 Å². The zero-order valence-electron chi connectivity index (χ0n) is 11.9. The van der Waals surface area contributed by atoms with Crippen molar-refractivity contribution < 1.29 is 9.84 Å². The Bertz CT molecular complexity index is 566. The maximum absolute atomic E-state index is 9.88. The first kappa shape index (κ1) is 12.4. The smallest absolute Gasteiger partial charge is 0.115 e. The van der Waals surface area contributed by atoms with Crippen LogP contribution in [0.15, 0.2) is 29.8 Å². The van der Waals surface area contributed by atoms with E-state index in [4.69, 9.17) is 4.74 Å². The maximum Gasteiger partial charge on any atom is 0.115 e. The third-order valence-electron chi connectivity index (χ3n) is 5.23. The van der Waals surface area contributed by atoms with Crippen LogP contribution in [-0.2, 0) is 11.2 Å². The number of rotatable bonds is 1. The summed E-state index contributed by atoms with van der Waals surface area (Å²) in [5.41, 5.74) is 4.29. The van der Waals surface area contributed by atoms with Gasteiger partial charge in [0.1, 0.15) is 5.75 Å². The van der Waals surface area contributed by atoms with Gasteiger partial charge in [-0.2, -0.15) is 0 Å². The molecule has 2 aliphatic heterocycles. The fraction of sp³-hybridized carbons (Fsp3) is 0.529. The van der Waals surface area contributed by atoms with Crippen LogP contribution < -0.4 is 0 Å². The number of nitrogens with zero attached hydrogens (tertiary/aromatic N) is 1. The van der Waals surface area contributed by atoms with Crippen LogP contribution in [0.5, 0.6) is 5.75 Å². The van der Waals surface area contributed by atoms with Gasteiger partial charge in [0.25, 0.3) is 0 Å². The lowest BCUT2D eigenvalue weighted by Gasteiger charge is -2.36. The molecule has 1 aromatic rings. The molecule has 0 spiro atoms. The van der Waals surface area contributed by atoms with E-state index >= 15 is 0 Å². The zero-order chi connectivity index (χ0) is 13.7. The standard InChI is InChI=1S/C17H21NO2/c1-20-14-8-12-5-7-18-6-4-11-2-3-13(19)9-15(11)16(10-14)17(12)18/h2-3,8-9,14,16-17,19H,4-7,10H2,1H3/t14-,16+,17+/m0/s1. The van der Waals surface area contributed by atoms with Crippen LogP contribution >= 0.6 is 0 Å². The molecule has 1 aromatic carbocycles. The number of ether oxygens (including phenoxy) is 1. The van der Waals surface area contributed by atoms with Gasteiger partial charge in [0.2, 0.25) is 0 Å². The Morgan fingerprint density at radius 3 is 2.95 bits per heavy atom. The van der Waals surface area contributed by atoms with Crippen molar-refractivity contribution in [2.45, 2.75) is 37.3 Å². The zero-order valence-corrected chi connectivity index (χ0v) is 11.9. The molecule has 0 unspecified atom stereocenters. The predicted molar refractivity (Wildman–Crippen MR) is 78.0 cm³/mol. The molecule has 3 atom stereocenters. The van der Waals surface area contributed by atoms with Crippen LogP contribution in [0.2, 0.25) is 0 Å². The van der Waals surface area contributed by atoms with Crippen molar-refractivity contribution in [2.24, 2.45) is 0 Å². The van der Waals surface area contributed by atoms with Crippen molar-refractivity contribution in [1.29, 1.82) is 0 Å². The molecule has 3 nitrogen and oxygen atoms in total. The van der Waals surface area contributed by atoms with E-state index in [-0.39, 0.29) is 6.10 Å². The van der Waals surface area contributed by atoms with Gasteiger partial charge in [-0.05, 0) is 42.5 Å². The fourth-order valence-corrected chi connectivity index (χ4v) is 4.31. The lowest BCUT2D eigenvalue weighted by molar-refractivity contribution is 0.106. The van der Waals surface area contributed by atoms with E-state index in [9.17, 15) is 5.11 Å². The Morgan fingerprint density at radius 1 is 1.25 bits per heavy atom. The van der Waals surface area contributed by atoms with Crippen molar-refractivity contribution in [3.05, 3.63) is 41.0 Å². The molecule has 3 aliphatic rings. The van der Waals surface area contributed by atoms with Crippen LogP contribution in [0, 0.1) is 0 Å². The fourth-order valence-electron chi connectivity index (χ4n) is 4.31. The van der Waals surface area contributed by atoms with Gasteiger partial charge in [-0.15, -0.1) is 0 Å². The number of aromatic hydroxyl groups is 1. The van der Waals surface area contributed by atoms with E-state index in [2.05, 4.69) is 17.0 Å². The Kier molecular flexibility index (Phi) is 2.86. The summed E-state index contributed by atoms with van der Waals surface area (Å²) in [6.45, 7) is 2.30. The van der Waals surface area contributed by atoms with Crippen molar-refractivity contribution in [2.75, 3.05) is 20.2 Å². The summed E-state index contributed by atoms with van der Waals surface area (Å²) in [6, 6.07) is 6.44. The van der Waals surface area contributed by atoms with Gasteiger partial charge in [-0.25, -0.2) is 0 Å². The molecule has 1 fully saturated rings. The molecule has 1 aliphatic carbocycles. The summed E-state index contributed by atoms with van der Waals surface area (Å²) in [6.07, 6.45) is 5.86. The van der Waals surface area contributed by atoms with E-state index in [1.807, 2.05) is 12.1 Å². The van der Waals surface area contributed by atoms with Gasteiger partial charge >= 0.3 is 0 Å². The molecule has 0 radical (unpaired) electrons. The van der Waals surface area contributed by atoms with E-state index in [1.54, 1.807) is 12.7 Å². The summed E-state index contributed by atoms with van der Waals surface area (Å²) < 4.78 is 5.62. The molecule has 20 heavy (non-hydrogen) atoms. The first-order valence-electron chi connectivity index (χ1n) is 7.55. The first-order chi connectivity index (χ1) is 9.76. The number of phenolic OH excluding ortho intramolecular Hbond substituents is 1. The second-order valence-corrected chi connectivity index (χ2v) is 6.22. The van der Waals surface area contributed by atoms with Crippen molar-refractivity contribution >= 4 is 0 Å². The number of hydrogen-bond donors (Lipinski definition) is 1. The molecule has 0 saturated carbocycles. The summed E-state index contributed by atoms with van der Waals surface area (Å²) in [7, 11) is 1.80. The molecule has 3 heteroatoms. The number of phenols is 1. The Hall–Kier alpha value is -1.32. The molecule has 1 N–H and O–H groups in total. The molecule has 2 heterocycles. The monoisotopic (exact) mass is 271 g/mol.